The summed E-state index contributed by atoms with van der Waals surface area (Å²) in [5.41, 5.74) is 2.34. The van der Waals surface area contributed by atoms with E-state index in [9.17, 15) is 0 Å². The molecule has 0 aliphatic heterocycles. The first-order chi connectivity index (χ1) is 10.7. The standard InChI is InChI=1S/C14H14O2.2CHNO/c1-15-13-7-3-11(4-8-13)12-5-9-14(16-2)10-6-12;2*2-1-3/h3-10H,1-2H3;2*2H. The Bertz CT molecular complexity index is 552. The smallest absolute Gasteiger partial charge is 0.231 e. The summed E-state index contributed by atoms with van der Waals surface area (Å²) >= 11 is 0. The minimum Gasteiger partial charge on any atom is -0.497 e. The van der Waals surface area contributed by atoms with E-state index in [0.717, 1.165) is 23.7 Å². The van der Waals surface area contributed by atoms with Crippen LogP contribution in [0.25, 0.3) is 11.1 Å². The zero-order valence-corrected chi connectivity index (χ0v) is 12.3. The number of hydrogen-bond acceptors (Lipinski definition) is 6. The summed E-state index contributed by atoms with van der Waals surface area (Å²) in [7, 11) is 3.34. The van der Waals surface area contributed by atoms with E-state index in [2.05, 4.69) is 0 Å². The lowest BCUT2D eigenvalue weighted by Gasteiger charge is -2.05. The molecule has 6 nitrogen and oxygen atoms in total. The Morgan fingerprint density at radius 3 is 1.09 bits per heavy atom. The van der Waals surface area contributed by atoms with E-state index >= 15 is 0 Å². The number of hydrogen-bond donors (Lipinski definition) is 2. The molecule has 0 amide bonds. The van der Waals surface area contributed by atoms with Gasteiger partial charge in [-0.25, -0.2) is 20.4 Å². The Morgan fingerprint density at radius 1 is 0.682 bits per heavy atom. The minimum absolute atomic E-state index is 0.750. The van der Waals surface area contributed by atoms with Crippen LogP contribution in [0.4, 0.5) is 0 Å². The Hall–Kier alpha value is -3.20. The molecule has 0 spiro atoms. The van der Waals surface area contributed by atoms with E-state index < -0.39 is 0 Å². The van der Waals surface area contributed by atoms with Crippen molar-refractivity contribution in [3.8, 4) is 22.6 Å². The van der Waals surface area contributed by atoms with Crippen molar-refractivity contribution >= 4 is 12.2 Å². The molecule has 0 radical (unpaired) electrons. The number of rotatable bonds is 3. The zero-order valence-electron chi connectivity index (χ0n) is 12.3. The average molecular weight is 300 g/mol. The SMILES string of the molecule is COc1ccc(-c2ccc(OC)cc2)cc1.N=C=O.N=C=O. The number of methoxy groups -OCH3 is 2. The minimum atomic E-state index is 0.750. The summed E-state index contributed by atoms with van der Waals surface area (Å²) in [6, 6.07) is 16.0. The lowest BCUT2D eigenvalue weighted by molar-refractivity contribution is 0.414. The van der Waals surface area contributed by atoms with Crippen LogP contribution < -0.4 is 9.47 Å². The molecule has 0 aliphatic rings. The largest absolute Gasteiger partial charge is 0.497 e. The fraction of sp³-hybridized carbons (Fsp3) is 0.125. The van der Waals surface area contributed by atoms with Crippen LogP contribution in [0.1, 0.15) is 0 Å². The van der Waals surface area contributed by atoms with Crippen LogP contribution in [0.2, 0.25) is 0 Å². The van der Waals surface area contributed by atoms with Gasteiger partial charge in [-0.1, -0.05) is 24.3 Å². The van der Waals surface area contributed by atoms with Crippen molar-refractivity contribution in [1.29, 1.82) is 10.8 Å². The van der Waals surface area contributed by atoms with Crippen LogP contribution in [-0.2, 0) is 9.59 Å². The van der Waals surface area contributed by atoms with E-state index in [1.54, 1.807) is 14.2 Å². The van der Waals surface area contributed by atoms with E-state index in [1.807, 2.05) is 48.5 Å². The Kier molecular flexibility index (Phi) is 9.92. The van der Waals surface area contributed by atoms with E-state index in [4.69, 9.17) is 29.9 Å². The summed E-state index contributed by atoms with van der Waals surface area (Å²) in [6.07, 6.45) is 1.50. The van der Waals surface area contributed by atoms with Crippen molar-refractivity contribution in [2.75, 3.05) is 14.2 Å². The normalized spacial score (nSPS) is 7.91. The molecule has 0 heterocycles. The summed E-state index contributed by atoms with van der Waals surface area (Å²) in [4.78, 5) is 16.7. The third-order valence-electron chi connectivity index (χ3n) is 2.51. The Labute approximate surface area is 128 Å². The number of ether oxygens (including phenoxy) is 2. The molecule has 2 rings (SSSR count). The molecule has 6 heteroatoms. The van der Waals surface area contributed by atoms with Crippen molar-refractivity contribution in [2.24, 2.45) is 0 Å². The molecule has 0 fully saturated rings. The molecule has 2 aromatic rings. The van der Waals surface area contributed by atoms with Crippen LogP contribution in [0.5, 0.6) is 11.5 Å². The van der Waals surface area contributed by atoms with E-state index in [1.165, 1.54) is 11.1 Å². The van der Waals surface area contributed by atoms with Crippen LogP contribution in [0.3, 0.4) is 0 Å². The number of carbonyl (C=O) groups excluding carboxylic acids is 2. The van der Waals surface area contributed by atoms with Gasteiger partial charge in [0.05, 0.1) is 14.2 Å². The van der Waals surface area contributed by atoms with Gasteiger partial charge in [-0.3, -0.25) is 0 Å². The summed E-state index contributed by atoms with van der Waals surface area (Å²) < 4.78 is 10.2. The third-order valence-corrected chi connectivity index (χ3v) is 2.51. The molecule has 22 heavy (non-hydrogen) atoms. The third kappa shape index (κ3) is 6.82. The molecule has 0 saturated heterocycles. The van der Waals surface area contributed by atoms with Gasteiger partial charge in [0.1, 0.15) is 11.5 Å². The number of nitrogens with one attached hydrogen (secondary N) is 2. The maximum atomic E-state index is 8.35. The highest BCUT2D eigenvalue weighted by Crippen LogP contribution is 2.24. The monoisotopic (exact) mass is 300 g/mol. The molecule has 0 bridgehead atoms. The molecule has 2 N–H and O–H groups in total. The molecule has 0 saturated carbocycles. The average Bonchev–Trinajstić information content (AvgIpc) is 2.56. The molecule has 2 aromatic carbocycles. The zero-order chi connectivity index (χ0) is 16.8. The first-order valence-corrected chi connectivity index (χ1v) is 6.03. The van der Waals surface area contributed by atoms with Gasteiger partial charge in [-0.05, 0) is 35.4 Å². The summed E-state index contributed by atoms with van der Waals surface area (Å²) in [5, 5.41) is 10.8. The van der Waals surface area contributed by atoms with E-state index in [0.29, 0.717) is 0 Å². The van der Waals surface area contributed by atoms with Gasteiger partial charge < -0.3 is 9.47 Å². The maximum absolute atomic E-state index is 8.35. The van der Waals surface area contributed by atoms with Crippen LogP contribution >= 0.6 is 0 Å². The highest BCUT2D eigenvalue weighted by atomic mass is 16.5. The predicted octanol–water partition coefficient (Wildman–Crippen LogP) is 3.17. The summed E-state index contributed by atoms with van der Waals surface area (Å²) in [6.45, 7) is 0. The van der Waals surface area contributed by atoms with Crippen LogP contribution in [0.15, 0.2) is 48.5 Å². The van der Waals surface area contributed by atoms with Crippen molar-refractivity contribution in [1.82, 2.24) is 0 Å². The van der Waals surface area contributed by atoms with Crippen LogP contribution in [0, 0.1) is 10.8 Å². The quantitative estimate of drug-likeness (QED) is 0.671. The van der Waals surface area contributed by atoms with Crippen molar-refractivity contribution in [3.05, 3.63) is 48.5 Å². The molecule has 0 aromatic heterocycles. The van der Waals surface area contributed by atoms with Gasteiger partial charge in [-0.2, -0.15) is 0 Å². The topological polar surface area (TPSA) is 100 Å². The lowest BCUT2D eigenvalue weighted by Crippen LogP contribution is -1.84. The molecule has 0 atom stereocenters. The first kappa shape index (κ1) is 18.8. The lowest BCUT2D eigenvalue weighted by atomic mass is 10.1. The van der Waals surface area contributed by atoms with E-state index in [-0.39, 0.29) is 0 Å². The molecular formula is C16H16N2O4. The van der Waals surface area contributed by atoms with Crippen molar-refractivity contribution < 1.29 is 19.1 Å². The molecule has 0 unspecified atom stereocenters. The van der Waals surface area contributed by atoms with Gasteiger partial charge in [0.25, 0.3) is 0 Å². The predicted molar refractivity (Wildman–Crippen MR) is 81.8 cm³/mol. The highest BCUT2D eigenvalue weighted by Gasteiger charge is 1.98. The maximum Gasteiger partial charge on any atom is 0.231 e. The first-order valence-electron chi connectivity index (χ1n) is 6.03. The Morgan fingerprint density at radius 2 is 0.909 bits per heavy atom. The van der Waals surface area contributed by atoms with Gasteiger partial charge in [0.2, 0.25) is 12.2 Å². The molecular weight excluding hydrogens is 284 g/mol. The molecule has 114 valence electrons. The number of benzene rings is 2. The van der Waals surface area contributed by atoms with Gasteiger partial charge >= 0.3 is 0 Å². The highest BCUT2D eigenvalue weighted by molar-refractivity contribution is 5.64. The van der Waals surface area contributed by atoms with Crippen molar-refractivity contribution in [3.63, 3.8) is 0 Å². The van der Waals surface area contributed by atoms with Gasteiger partial charge in [-0.15, -0.1) is 0 Å². The van der Waals surface area contributed by atoms with Gasteiger partial charge in [0.15, 0.2) is 0 Å². The second-order valence-electron chi connectivity index (χ2n) is 3.66. The van der Waals surface area contributed by atoms with Crippen LogP contribution in [-0.4, -0.2) is 26.4 Å². The second-order valence-corrected chi connectivity index (χ2v) is 3.66. The Balaban J connectivity index is 0.000000639. The number of isocyanates is 2. The molecule has 0 aliphatic carbocycles. The fourth-order valence-electron chi connectivity index (χ4n) is 1.57. The summed E-state index contributed by atoms with van der Waals surface area (Å²) in [5.74, 6) is 1.74. The fourth-order valence-corrected chi connectivity index (χ4v) is 1.57. The second kappa shape index (κ2) is 11.6. The van der Waals surface area contributed by atoms with Gasteiger partial charge in [0, 0.05) is 0 Å². The van der Waals surface area contributed by atoms with Crippen molar-refractivity contribution in [2.45, 2.75) is 0 Å².